The molecule has 0 heterocycles. The fraction of sp³-hybridized carbons (Fsp3) is 0.885. The van der Waals surface area contributed by atoms with Gasteiger partial charge in [0.05, 0.1) is 27.7 Å². The van der Waals surface area contributed by atoms with E-state index in [1.165, 1.54) is 154 Å². The molecule has 0 aromatic heterocycles. The van der Waals surface area contributed by atoms with Crippen LogP contribution in [0.15, 0.2) is 24.3 Å². The number of carbonyl (C=O) groups excluding carboxylic acids is 2. The van der Waals surface area contributed by atoms with Gasteiger partial charge in [0.1, 0.15) is 19.8 Å². The molecule has 366 valence electrons. The Morgan fingerprint density at radius 3 is 1.31 bits per heavy atom. The Labute approximate surface area is 383 Å². The number of allylic oxidation sites excluding steroid dienone is 4. The van der Waals surface area contributed by atoms with E-state index in [4.69, 9.17) is 18.5 Å². The smallest absolute Gasteiger partial charge is 0.462 e. The molecule has 0 radical (unpaired) electrons. The van der Waals surface area contributed by atoms with Crippen LogP contribution < -0.4 is 0 Å². The van der Waals surface area contributed by atoms with Crippen LogP contribution in [0.5, 0.6) is 0 Å². The molecule has 0 bridgehead atoms. The van der Waals surface area contributed by atoms with Crippen LogP contribution in [0.2, 0.25) is 0 Å². The van der Waals surface area contributed by atoms with E-state index in [1.54, 1.807) is 0 Å². The lowest BCUT2D eigenvalue weighted by atomic mass is 10.0. The summed E-state index contributed by atoms with van der Waals surface area (Å²) in [5.41, 5.74) is 0. The minimum atomic E-state index is -4.38. The number of ether oxygens (including phenoxy) is 2. The highest BCUT2D eigenvalue weighted by atomic mass is 31.2. The number of quaternary nitrogens is 1. The number of phosphoric ester groups is 1. The summed E-state index contributed by atoms with van der Waals surface area (Å²) in [6.45, 7) is 4.42. The number of hydrogen-bond acceptors (Lipinski definition) is 7. The van der Waals surface area contributed by atoms with Gasteiger partial charge in [0.2, 0.25) is 0 Å². The highest BCUT2D eigenvalue weighted by Gasteiger charge is 2.27. The third-order valence-corrected chi connectivity index (χ3v) is 12.5. The molecule has 0 aliphatic carbocycles. The van der Waals surface area contributed by atoms with Crippen molar-refractivity contribution in [2.75, 3.05) is 47.5 Å². The van der Waals surface area contributed by atoms with Gasteiger partial charge in [-0.1, -0.05) is 212 Å². The molecule has 0 aromatic rings. The Hall–Kier alpha value is -1.51. The second kappa shape index (κ2) is 44.7. The molecular formula is C52H101NO8P+. The van der Waals surface area contributed by atoms with E-state index in [0.29, 0.717) is 23.9 Å². The fourth-order valence-corrected chi connectivity index (χ4v) is 8.14. The molecule has 0 spiro atoms. The minimum Gasteiger partial charge on any atom is -0.462 e. The fourth-order valence-electron chi connectivity index (χ4n) is 7.40. The van der Waals surface area contributed by atoms with Gasteiger partial charge in [0.25, 0.3) is 0 Å². The molecule has 0 amide bonds. The van der Waals surface area contributed by atoms with Gasteiger partial charge < -0.3 is 18.9 Å². The summed E-state index contributed by atoms with van der Waals surface area (Å²) in [5, 5.41) is 0. The van der Waals surface area contributed by atoms with Crippen molar-refractivity contribution in [1.82, 2.24) is 0 Å². The molecule has 62 heavy (non-hydrogen) atoms. The molecule has 0 aromatic carbocycles. The summed E-state index contributed by atoms with van der Waals surface area (Å²) >= 11 is 0. The predicted molar refractivity (Wildman–Crippen MR) is 261 cm³/mol. The first kappa shape index (κ1) is 60.5. The Morgan fingerprint density at radius 2 is 0.871 bits per heavy atom. The van der Waals surface area contributed by atoms with Crippen molar-refractivity contribution in [3.8, 4) is 0 Å². The van der Waals surface area contributed by atoms with Crippen LogP contribution in [0.4, 0.5) is 0 Å². The minimum absolute atomic E-state index is 0.0309. The third-order valence-electron chi connectivity index (χ3n) is 11.5. The van der Waals surface area contributed by atoms with Gasteiger partial charge in [-0.3, -0.25) is 18.6 Å². The van der Waals surface area contributed by atoms with Crippen LogP contribution in [0.3, 0.4) is 0 Å². The first-order valence-electron chi connectivity index (χ1n) is 26.1. The van der Waals surface area contributed by atoms with Crippen molar-refractivity contribution in [2.45, 2.75) is 251 Å². The highest BCUT2D eigenvalue weighted by Crippen LogP contribution is 2.43. The van der Waals surface area contributed by atoms with Gasteiger partial charge in [-0.05, 0) is 44.9 Å². The van der Waals surface area contributed by atoms with Crippen LogP contribution in [0, 0.1) is 0 Å². The van der Waals surface area contributed by atoms with E-state index >= 15 is 0 Å². The molecule has 2 atom stereocenters. The molecule has 1 N–H and O–H groups in total. The van der Waals surface area contributed by atoms with Gasteiger partial charge >= 0.3 is 19.8 Å². The van der Waals surface area contributed by atoms with Crippen LogP contribution in [-0.2, 0) is 32.7 Å². The van der Waals surface area contributed by atoms with Crippen molar-refractivity contribution in [3.63, 3.8) is 0 Å². The van der Waals surface area contributed by atoms with Crippen LogP contribution >= 0.6 is 7.82 Å². The topological polar surface area (TPSA) is 108 Å². The average Bonchev–Trinajstić information content (AvgIpc) is 3.23. The molecule has 0 aliphatic rings. The summed E-state index contributed by atoms with van der Waals surface area (Å²) < 4.78 is 34.4. The second-order valence-corrected chi connectivity index (χ2v) is 20.4. The van der Waals surface area contributed by atoms with E-state index in [2.05, 4.69) is 38.2 Å². The Balaban J connectivity index is 4.17. The first-order valence-corrected chi connectivity index (χ1v) is 27.6. The van der Waals surface area contributed by atoms with E-state index in [9.17, 15) is 19.0 Å². The summed E-state index contributed by atoms with van der Waals surface area (Å²) in [4.78, 5) is 35.5. The van der Waals surface area contributed by atoms with Gasteiger partial charge in [-0.25, -0.2) is 4.57 Å². The third kappa shape index (κ3) is 48.0. The van der Waals surface area contributed by atoms with Crippen LogP contribution in [0.1, 0.15) is 245 Å². The van der Waals surface area contributed by atoms with Crippen LogP contribution in [-0.4, -0.2) is 74.9 Å². The van der Waals surface area contributed by atoms with Crippen molar-refractivity contribution in [3.05, 3.63) is 24.3 Å². The zero-order valence-electron chi connectivity index (χ0n) is 41.4. The Kier molecular flexibility index (Phi) is 43.6. The van der Waals surface area contributed by atoms with Gasteiger partial charge in [0, 0.05) is 12.8 Å². The zero-order chi connectivity index (χ0) is 45.7. The molecule has 2 unspecified atom stereocenters. The van der Waals surface area contributed by atoms with E-state index < -0.39 is 26.5 Å². The number of unbranched alkanes of at least 4 members (excludes halogenated alkanes) is 30. The summed E-state index contributed by atoms with van der Waals surface area (Å²) in [7, 11) is 1.48. The standard InChI is InChI=1S/C52H100NO8P/c1-6-8-10-12-14-16-18-20-22-23-24-25-26-27-28-29-31-32-34-36-38-40-42-44-51(54)58-48-50(49-60-62(56,57)59-47-46-53(3,4)5)61-52(55)45-43-41-39-37-35-33-30-21-19-17-15-13-11-9-7-2/h15,17,21,30,50H,6-14,16,18-20,22-29,31-49H2,1-5H3/p+1/b17-15-,30-21-. The number of rotatable bonds is 48. The summed E-state index contributed by atoms with van der Waals surface area (Å²) in [6, 6.07) is 0. The number of likely N-dealkylation sites (N-methyl/N-ethyl adjacent to an activating group) is 1. The maximum atomic E-state index is 12.7. The first-order chi connectivity index (χ1) is 30.0. The predicted octanol–water partition coefficient (Wildman–Crippen LogP) is 15.5. The van der Waals surface area contributed by atoms with Crippen molar-refractivity contribution in [2.24, 2.45) is 0 Å². The lowest BCUT2D eigenvalue weighted by Crippen LogP contribution is -2.37. The molecule has 0 saturated heterocycles. The molecule has 10 heteroatoms. The normalized spacial score (nSPS) is 13.6. The average molecular weight is 899 g/mol. The summed E-state index contributed by atoms with van der Waals surface area (Å²) in [5.74, 6) is -0.802. The maximum absolute atomic E-state index is 12.7. The number of phosphoric acid groups is 1. The molecule has 0 rings (SSSR count). The largest absolute Gasteiger partial charge is 0.472 e. The number of carbonyl (C=O) groups is 2. The monoisotopic (exact) mass is 899 g/mol. The van der Waals surface area contributed by atoms with Gasteiger partial charge in [-0.15, -0.1) is 0 Å². The van der Waals surface area contributed by atoms with Crippen molar-refractivity contribution < 1.29 is 42.1 Å². The number of nitrogens with zero attached hydrogens (tertiary/aromatic N) is 1. The van der Waals surface area contributed by atoms with Crippen molar-refractivity contribution >= 4 is 19.8 Å². The Bertz CT molecular complexity index is 1110. The number of hydrogen-bond donors (Lipinski definition) is 1. The van der Waals surface area contributed by atoms with Gasteiger partial charge in [0.15, 0.2) is 6.10 Å². The van der Waals surface area contributed by atoms with E-state index in [1.807, 2.05) is 21.1 Å². The molecule has 0 saturated carbocycles. The van der Waals surface area contributed by atoms with Crippen molar-refractivity contribution in [1.29, 1.82) is 0 Å². The van der Waals surface area contributed by atoms with Crippen LogP contribution in [0.25, 0.3) is 0 Å². The maximum Gasteiger partial charge on any atom is 0.472 e. The quantitative estimate of drug-likeness (QED) is 0.0211. The molecule has 9 nitrogen and oxygen atoms in total. The zero-order valence-corrected chi connectivity index (χ0v) is 42.3. The van der Waals surface area contributed by atoms with E-state index in [0.717, 1.165) is 57.8 Å². The molecule has 0 fully saturated rings. The Morgan fingerprint density at radius 1 is 0.500 bits per heavy atom. The molecule has 0 aliphatic heterocycles. The number of esters is 2. The van der Waals surface area contributed by atoms with Gasteiger partial charge in [-0.2, -0.15) is 0 Å². The lowest BCUT2D eigenvalue weighted by Gasteiger charge is -2.24. The van der Waals surface area contributed by atoms with E-state index in [-0.39, 0.29) is 25.6 Å². The molecular weight excluding hydrogens is 798 g/mol. The lowest BCUT2D eigenvalue weighted by molar-refractivity contribution is -0.870. The SMILES string of the molecule is CCCCC/C=C\C/C=C\CCCCCCCC(=O)OC(COC(=O)CCCCCCCCCCCCCCCCCCCCCCCCC)COP(=O)(O)OCC[N+](C)(C)C. The highest BCUT2D eigenvalue weighted by molar-refractivity contribution is 7.47. The second-order valence-electron chi connectivity index (χ2n) is 18.9. The summed E-state index contributed by atoms with van der Waals surface area (Å²) in [6.07, 6.45) is 50.9.